The van der Waals surface area contributed by atoms with E-state index < -0.39 is 11.9 Å². The molecule has 0 aliphatic carbocycles. The molecule has 0 aromatic heterocycles. The molecule has 1 heterocycles. The van der Waals surface area contributed by atoms with Crippen LogP contribution in [0.15, 0.2) is 96.4 Å². The first-order chi connectivity index (χ1) is 21.4. The summed E-state index contributed by atoms with van der Waals surface area (Å²) in [5, 5.41) is 10.0. The van der Waals surface area contributed by atoms with Gasteiger partial charge >= 0.3 is 5.97 Å². The maximum atomic E-state index is 12.6. The Balaban J connectivity index is 1.36. The molecule has 1 aliphatic rings. The molecule has 9 heteroatoms. The maximum absolute atomic E-state index is 12.6. The number of hydrogen-bond acceptors (Lipinski definition) is 9. The Kier molecular flexibility index (Phi) is 9.21. The molecule has 0 saturated heterocycles. The van der Waals surface area contributed by atoms with Crippen LogP contribution >= 0.6 is 0 Å². The highest BCUT2D eigenvalue weighted by Crippen LogP contribution is 2.45. The van der Waals surface area contributed by atoms with Crippen LogP contribution in [0, 0.1) is 18.3 Å². The van der Waals surface area contributed by atoms with E-state index in [4.69, 9.17) is 34.2 Å². The standard InChI is InChI=1S/C35H32N2O7/c1-4-40-32-17-24(13-16-30(32)41-20-23-11-9-22(2)10-12-23)34-26-15-14-25(18-31(26)44-35(37)27(34)19-36)43-33(38)21-42-29-8-6-5-7-28(29)39-3/h5-18,34H,4,20-21,37H2,1-3H3. The number of rotatable bonds is 11. The van der Waals surface area contributed by atoms with E-state index in [1.807, 2.05) is 56.3 Å². The number of hydrogen-bond donors (Lipinski definition) is 1. The van der Waals surface area contributed by atoms with Gasteiger partial charge in [-0.2, -0.15) is 5.26 Å². The second-order valence-electron chi connectivity index (χ2n) is 9.95. The Morgan fingerprint density at radius 2 is 1.66 bits per heavy atom. The molecule has 9 nitrogen and oxygen atoms in total. The number of aryl methyl sites for hydroxylation is 1. The van der Waals surface area contributed by atoms with Crippen LogP contribution in [0.1, 0.15) is 35.1 Å². The van der Waals surface area contributed by atoms with Gasteiger partial charge in [-0.3, -0.25) is 0 Å². The fourth-order valence-electron chi connectivity index (χ4n) is 4.81. The molecule has 0 fully saturated rings. The van der Waals surface area contributed by atoms with Crippen LogP contribution < -0.4 is 34.2 Å². The Labute approximate surface area is 255 Å². The summed E-state index contributed by atoms with van der Waals surface area (Å²) in [6.07, 6.45) is 0. The summed E-state index contributed by atoms with van der Waals surface area (Å²) in [5.74, 6) is 1.44. The van der Waals surface area contributed by atoms with Crippen molar-refractivity contribution in [2.24, 2.45) is 5.73 Å². The molecule has 5 rings (SSSR count). The molecule has 224 valence electrons. The lowest BCUT2D eigenvalue weighted by atomic mass is 9.83. The predicted octanol–water partition coefficient (Wildman–Crippen LogP) is 6.18. The normalized spacial score (nSPS) is 13.6. The van der Waals surface area contributed by atoms with E-state index >= 15 is 0 Å². The molecule has 0 saturated carbocycles. The molecule has 1 atom stereocenters. The first-order valence-corrected chi connectivity index (χ1v) is 14.0. The van der Waals surface area contributed by atoms with Crippen LogP contribution in [-0.4, -0.2) is 26.3 Å². The third kappa shape index (κ3) is 6.71. The molecule has 2 N–H and O–H groups in total. The summed E-state index contributed by atoms with van der Waals surface area (Å²) < 4.78 is 34.1. The SMILES string of the molecule is CCOc1cc(C2C(C#N)=C(N)Oc3cc(OC(=O)COc4ccccc4OC)ccc32)ccc1OCc1ccc(C)cc1. The van der Waals surface area contributed by atoms with E-state index in [0.717, 1.165) is 11.1 Å². The molecule has 4 aromatic carbocycles. The summed E-state index contributed by atoms with van der Waals surface area (Å²) in [4.78, 5) is 12.6. The number of carbonyl (C=O) groups is 1. The smallest absolute Gasteiger partial charge is 0.349 e. The lowest BCUT2D eigenvalue weighted by Crippen LogP contribution is -2.22. The first-order valence-electron chi connectivity index (χ1n) is 14.0. The quantitative estimate of drug-likeness (QED) is 0.161. The van der Waals surface area contributed by atoms with Crippen molar-refractivity contribution in [3.8, 4) is 40.6 Å². The highest BCUT2D eigenvalue weighted by molar-refractivity contribution is 5.74. The Morgan fingerprint density at radius 3 is 2.39 bits per heavy atom. The molecule has 44 heavy (non-hydrogen) atoms. The van der Waals surface area contributed by atoms with Gasteiger partial charge in [-0.15, -0.1) is 0 Å². The fourth-order valence-corrected chi connectivity index (χ4v) is 4.81. The lowest BCUT2D eigenvalue weighted by molar-refractivity contribution is -0.136. The fraction of sp³-hybridized carbons (Fsp3) is 0.200. The van der Waals surface area contributed by atoms with Crippen LogP contribution in [-0.2, 0) is 11.4 Å². The van der Waals surface area contributed by atoms with E-state index in [-0.39, 0.29) is 23.8 Å². The van der Waals surface area contributed by atoms with E-state index in [1.165, 1.54) is 12.7 Å². The van der Waals surface area contributed by atoms with Crippen molar-refractivity contribution in [2.75, 3.05) is 20.3 Å². The number of nitrogens with two attached hydrogens (primary N) is 1. The van der Waals surface area contributed by atoms with E-state index in [0.29, 0.717) is 47.5 Å². The topological polar surface area (TPSA) is 122 Å². The highest BCUT2D eigenvalue weighted by Gasteiger charge is 2.32. The third-order valence-corrected chi connectivity index (χ3v) is 6.95. The van der Waals surface area contributed by atoms with Crippen LogP contribution in [0.3, 0.4) is 0 Å². The van der Waals surface area contributed by atoms with E-state index in [9.17, 15) is 10.1 Å². The van der Waals surface area contributed by atoms with Gasteiger partial charge in [0.2, 0.25) is 5.88 Å². The van der Waals surface area contributed by atoms with Gasteiger partial charge in [-0.25, -0.2) is 4.79 Å². The number of nitriles is 1. The summed E-state index contributed by atoms with van der Waals surface area (Å²) in [7, 11) is 1.52. The molecule has 1 unspecified atom stereocenters. The number of allylic oxidation sites excluding steroid dienone is 1. The van der Waals surface area contributed by atoms with Crippen molar-refractivity contribution in [1.82, 2.24) is 0 Å². The van der Waals surface area contributed by atoms with Gasteiger partial charge in [0.25, 0.3) is 0 Å². The van der Waals surface area contributed by atoms with Gasteiger partial charge in [-0.05, 0) is 55.3 Å². The molecular formula is C35H32N2O7. The molecular weight excluding hydrogens is 560 g/mol. The average Bonchev–Trinajstić information content (AvgIpc) is 3.03. The number of para-hydroxylation sites is 2. The summed E-state index contributed by atoms with van der Waals surface area (Å²) in [6, 6.07) is 27.8. The average molecular weight is 593 g/mol. The van der Waals surface area contributed by atoms with Gasteiger partial charge in [0.1, 0.15) is 29.7 Å². The number of fused-ring (bicyclic) bond motifs is 1. The number of benzene rings is 4. The zero-order valence-electron chi connectivity index (χ0n) is 24.7. The number of methoxy groups -OCH3 is 1. The van der Waals surface area contributed by atoms with Crippen molar-refractivity contribution >= 4 is 5.97 Å². The second kappa shape index (κ2) is 13.6. The van der Waals surface area contributed by atoms with Crippen molar-refractivity contribution in [3.63, 3.8) is 0 Å². The molecule has 0 bridgehead atoms. The second-order valence-corrected chi connectivity index (χ2v) is 9.95. The largest absolute Gasteiger partial charge is 0.493 e. The Morgan fingerprint density at radius 1 is 0.909 bits per heavy atom. The Bertz CT molecular complexity index is 1720. The van der Waals surface area contributed by atoms with Crippen LogP contribution in [0.25, 0.3) is 0 Å². The van der Waals surface area contributed by atoms with Gasteiger partial charge in [0.15, 0.2) is 29.6 Å². The van der Waals surface area contributed by atoms with Crippen LogP contribution in [0.5, 0.6) is 34.5 Å². The van der Waals surface area contributed by atoms with Crippen molar-refractivity contribution < 1.29 is 33.2 Å². The minimum absolute atomic E-state index is 0.0364. The van der Waals surface area contributed by atoms with Crippen LogP contribution in [0.2, 0.25) is 0 Å². The van der Waals surface area contributed by atoms with Crippen molar-refractivity contribution in [2.45, 2.75) is 26.4 Å². The van der Waals surface area contributed by atoms with Gasteiger partial charge in [-0.1, -0.05) is 54.1 Å². The molecule has 4 aromatic rings. The van der Waals surface area contributed by atoms with Crippen LogP contribution in [0.4, 0.5) is 0 Å². The van der Waals surface area contributed by atoms with E-state index in [1.54, 1.807) is 42.5 Å². The van der Waals surface area contributed by atoms with Crippen molar-refractivity contribution in [1.29, 1.82) is 5.26 Å². The summed E-state index contributed by atoms with van der Waals surface area (Å²) >= 11 is 0. The maximum Gasteiger partial charge on any atom is 0.349 e. The van der Waals surface area contributed by atoms with E-state index in [2.05, 4.69) is 6.07 Å². The zero-order valence-corrected chi connectivity index (χ0v) is 24.7. The monoisotopic (exact) mass is 592 g/mol. The predicted molar refractivity (Wildman–Crippen MR) is 163 cm³/mol. The highest BCUT2D eigenvalue weighted by atomic mass is 16.6. The Hall–Kier alpha value is -5.62. The van der Waals surface area contributed by atoms with Gasteiger partial charge in [0, 0.05) is 11.6 Å². The molecule has 0 spiro atoms. The molecule has 1 aliphatic heterocycles. The minimum Gasteiger partial charge on any atom is -0.493 e. The number of esters is 1. The van der Waals surface area contributed by atoms with Gasteiger partial charge < -0.3 is 34.2 Å². The summed E-state index contributed by atoms with van der Waals surface area (Å²) in [5.41, 5.74) is 10.1. The zero-order chi connectivity index (χ0) is 31.1. The minimum atomic E-state index is -0.618. The number of nitrogens with zero attached hydrogens (tertiary/aromatic N) is 1. The lowest BCUT2D eigenvalue weighted by Gasteiger charge is -2.27. The number of carbonyl (C=O) groups excluding carboxylic acids is 1. The molecule has 0 radical (unpaired) electrons. The molecule has 0 amide bonds. The first kappa shape index (κ1) is 29.9. The number of ether oxygens (including phenoxy) is 6. The van der Waals surface area contributed by atoms with Gasteiger partial charge in [0.05, 0.1) is 19.6 Å². The van der Waals surface area contributed by atoms with Crippen molar-refractivity contribution in [3.05, 3.63) is 119 Å². The summed E-state index contributed by atoms with van der Waals surface area (Å²) in [6.45, 7) is 4.40. The third-order valence-electron chi connectivity index (χ3n) is 6.95.